The molecule has 1 aliphatic heterocycles. The fraction of sp³-hybridized carbons (Fsp3) is 0.467. The van der Waals surface area contributed by atoms with E-state index in [1.165, 1.54) is 0 Å². The second kappa shape index (κ2) is 5.93. The van der Waals surface area contributed by atoms with E-state index < -0.39 is 0 Å². The number of fused-ring (bicyclic) bond motifs is 1. The van der Waals surface area contributed by atoms with Gasteiger partial charge in [-0.15, -0.1) is 11.6 Å². The molecular formula is C15H18ClN3O2. The largest absolute Gasteiger partial charge is 0.497 e. The van der Waals surface area contributed by atoms with Gasteiger partial charge < -0.3 is 14.2 Å². The molecule has 5 nitrogen and oxygen atoms in total. The summed E-state index contributed by atoms with van der Waals surface area (Å²) < 4.78 is 7.15. The summed E-state index contributed by atoms with van der Waals surface area (Å²) in [5, 5.41) is 0. The van der Waals surface area contributed by atoms with Crippen LogP contribution >= 0.6 is 11.6 Å². The van der Waals surface area contributed by atoms with Crippen molar-refractivity contribution in [3.63, 3.8) is 0 Å². The van der Waals surface area contributed by atoms with Crippen molar-refractivity contribution in [1.29, 1.82) is 0 Å². The molecule has 1 aromatic carbocycles. The van der Waals surface area contributed by atoms with Crippen molar-refractivity contribution >= 4 is 28.5 Å². The summed E-state index contributed by atoms with van der Waals surface area (Å²) in [6, 6.07) is 5.65. The molecule has 1 fully saturated rings. The number of benzene rings is 1. The van der Waals surface area contributed by atoms with Crippen LogP contribution in [0.3, 0.4) is 0 Å². The number of aromatic nitrogens is 2. The number of amides is 1. The molecule has 1 aliphatic rings. The standard InChI is InChI=1S/C15H18ClN3O2/c1-21-11-4-5-12-13(8-11)19(14(9-16)17-12)10-15(20)18-6-2-3-7-18/h4-5,8H,2-3,6-7,9-10H2,1H3. The number of hydrogen-bond donors (Lipinski definition) is 0. The number of carbonyl (C=O) groups is 1. The average Bonchev–Trinajstić information content (AvgIpc) is 3.14. The van der Waals surface area contributed by atoms with Gasteiger partial charge in [0.05, 0.1) is 24.0 Å². The van der Waals surface area contributed by atoms with Crippen LogP contribution in [0.25, 0.3) is 11.0 Å². The van der Waals surface area contributed by atoms with Gasteiger partial charge in [0, 0.05) is 19.2 Å². The Balaban J connectivity index is 1.96. The molecule has 1 aromatic heterocycles. The van der Waals surface area contributed by atoms with Gasteiger partial charge >= 0.3 is 0 Å². The third kappa shape index (κ3) is 2.70. The number of carbonyl (C=O) groups excluding carboxylic acids is 1. The molecule has 6 heteroatoms. The van der Waals surface area contributed by atoms with Gasteiger partial charge in [-0.25, -0.2) is 4.98 Å². The van der Waals surface area contributed by atoms with Crippen LogP contribution in [0, 0.1) is 0 Å². The lowest BCUT2D eigenvalue weighted by atomic mass is 10.3. The van der Waals surface area contributed by atoms with E-state index in [0.29, 0.717) is 5.82 Å². The van der Waals surface area contributed by atoms with Crippen molar-refractivity contribution in [3.05, 3.63) is 24.0 Å². The molecule has 21 heavy (non-hydrogen) atoms. The number of methoxy groups -OCH3 is 1. The maximum atomic E-state index is 12.4. The smallest absolute Gasteiger partial charge is 0.242 e. The first-order chi connectivity index (χ1) is 10.2. The first-order valence-corrected chi connectivity index (χ1v) is 7.63. The number of likely N-dealkylation sites (tertiary alicyclic amines) is 1. The van der Waals surface area contributed by atoms with Crippen molar-refractivity contribution in [1.82, 2.24) is 14.5 Å². The van der Waals surface area contributed by atoms with Crippen LogP contribution in [-0.4, -0.2) is 40.6 Å². The average molecular weight is 308 g/mol. The molecule has 3 rings (SSSR count). The van der Waals surface area contributed by atoms with Crippen LogP contribution in [0.2, 0.25) is 0 Å². The Kier molecular flexibility index (Phi) is 4.01. The van der Waals surface area contributed by atoms with Crippen LogP contribution in [0.15, 0.2) is 18.2 Å². The Bertz CT molecular complexity index is 662. The zero-order valence-corrected chi connectivity index (χ0v) is 12.8. The molecule has 1 saturated heterocycles. The van der Waals surface area contributed by atoms with Crippen LogP contribution in [0.4, 0.5) is 0 Å². The first kappa shape index (κ1) is 14.2. The Morgan fingerprint density at radius 3 is 2.81 bits per heavy atom. The highest BCUT2D eigenvalue weighted by atomic mass is 35.5. The number of imidazole rings is 1. The van der Waals surface area contributed by atoms with Gasteiger partial charge in [0.1, 0.15) is 18.1 Å². The Morgan fingerprint density at radius 1 is 1.38 bits per heavy atom. The summed E-state index contributed by atoms with van der Waals surface area (Å²) in [6.07, 6.45) is 2.18. The molecule has 0 aliphatic carbocycles. The molecule has 0 atom stereocenters. The van der Waals surface area contributed by atoms with E-state index in [4.69, 9.17) is 16.3 Å². The quantitative estimate of drug-likeness (QED) is 0.815. The maximum Gasteiger partial charge on any atom is 0.242 e. The topological polar surface area (TPSA) is 47.4 Å². The molecule has 1 amide bonds. The van der Waals surface area contributed by atoms with Crippen molar-refractivity contribution in [2.24, 2.45) is 0 Å². The van der Waals surface area contributed by atoms with Gasteiger partial charge in [-0.05, 0) is 25.0 Å². The molecule has 0 radical (unpaired) electrons. The van der Waals surface area contributed by atoms with Crippen LogP contribution in [-0.2, 0) is 17.2 Å². The number of ether oxygens (including phenoxy) is 1. The second-order valence-corrected chi connectivity index (χ2v) is 5.46. The number of alkyl halides is 1. The first-order valence-electron chi connectivity index (χ1n) is 7.10. The SMILES string of the molecule is COc1ccc2nc(CCl)n(CC(=O)N3CCCC3)c2c1. The summed E-state index contributed by atoms with van der Waals surface area (Å²) in [5.74, 6) is 1.87. The minimum atomic E-state index is 0.126. The zero-order chi connectivity index (χ0) is 14.8. The van der Waals surface area contributed by atoms with E-state index in [1.54, 1.807) is 7.11 Å². The molecular weight excluding hydrogens is 290 g/mol. The summed E-state index contributed by atoms with van der Waals surface area (Å²) in [6.45, 7) is 1.99. The van der Waals surface area contributed by atoms with E-state index in [-0.39, 0.29) is 18.3 Å². The maximum absolute atomic E-state index is 12.4. The summed E-state index contributed by atoms with van der Waals surface area (Å²) >= 11 is 5.98. The van der Waals surface area contributed by atoms with Crippen molar-refractivity contribution in [2.45, 2.75) is 25.3 Å². The Labute approximate surface area is 128 Å². The van der Waals surface area contributed by atoms with Crippen molar-refractivity contribution < 1.29 is 9.53 Å². The van der Waals surface area contributed by atoms with Crippen LogP contribution in [0.1, 0.15) is 18.7 Å². The van der Waals surface area contributed by atoms with Gasteiger partial charge in [0.25, 0.3) is 0 Å². The molecule has 2 aromatic rings. The monoisotopic (exact) mass is 307 g/mol. The number of halogens is 1. The normalized spacial score (nSPS) is 14.9. The van der Waals surface area contributed by atoms with E-state index in [1.807, 2.05) is 27.7 Å². The number of hydrogen-bond acceptors (Lipinski definition) is 3. The lowest BCUT2D eigenvalue weighted by Crippen LogP contribution is -2.31. The minimum Gasteiger partial charge on any atom is -0.497 e. The van der Waals surface area contributed by atoms with Gasteiger partial charge in [-0.2, -0.15) is 0 Å². The molecule has 0 bridgehead atoms. The van der Waals surface area contributed by atoms with E-state index in [0.717, 1.165) is 42.7 Å². The third-order valence-electron chi connectivity index (χ3n) is 3.91. The molecule has 112 valence electrons. The second-order valence-electron chi connectivity index (χ2n) is 5.19. The van der Waals surface area contributed by atoms with E-state index in [2.05, 4.69) is 4.98 Å². The zero-order valence-electron chi connectivity index (χ0n) is 12.0. The lowest BCUT2D eigenvalue weighted by Gasteiger charge is -2.16. The molecule has 0 N–H and O–H groups in total. The fourth-order valence-electron chi connectivity index (χ4n) is 2.76. The van der Waals surface area contributed by atoms with Gasteiger partial charge in [0.2, 0.25) is 5.91 Å². The van der Waals surface area contributed by atoms with Gasteiger partial charge in [-0.3, -0.25) is 4.79 Å². The van der Waals surface area contributed by atoms with E-state index in [9.17, 15) is 4.79 Å². The fourth-order valence-corrected chi connectivity index (χ4v) is 2.96. The summed E-state index contributed by atoms with van der Waals surface area (Å²) in [4.78, 5) is 18.8. The van der Waals surface area contributed by atoms with Crippen LogP contribution in [0.5, 0.6) is 5.75 Å². The summed E-state index contributed by atoms with van der Waals surface area (Å²) in [5.41, 5.74) is 1.72. The Morgan fingerprint density at radius 2 is 2.14 bits per heavy atom. The Hall–Kier alpha value is -1.75. The predicted octanol–water partition coefficient (Wildman–Crippen LogP) is 2.41. The van der Waals surface area contributed by atoms with Crippen molar-refractivity contribution in [3.8, 4) is 5.75 Å². The highest BCUT2D eigenvalue weighted by molar-refractivity contribution is 6.16. The number of rotatable bonds is 4. The molecule has 2 heterocycles. The third-order valence-corrected chi connectivity index (χ3v) is 4.15. The highest BCUT2D eigenvalue weighted by Crippen LogP contribution is 2.23. The lowest BCUT2D eigenvalue weighted by molar-refractivity contribution is -0.130. The molecule has 0 unspecified atom stereocenters. The number of nitrogens with zero attached hydrogens (tertiary/aromatic N) is 3. The molecule has 0 saturated carbocycles. The van der Waals surface area contributed by atoms with E-state index >= 15 is 0 Å². The van der Waals surface area contributed by atoms with Gasteiger partial charge in [-0.1, -0.05) is 0 Å². The minimum absolute atomic E-state index is 0.126. The highest BCUT2D eigenvalue weighted by Gasteiger charge is 2.20. The molecule has 0 spiro atoms. The summed E-state index contributed by atoms with van der Waals surface area (Å²) in [7, 11) is 1.62. The van der Waals surface area contributed by atoms with Crippen molar-refractivity contribution in [2.75, 3.05) is 20.2 Å². The van der Waals surface area contributed by atoms with Gasteiger partial charge in [0.15, 0.2) is 0 Å². The predicted molar refractivity (Wildman–Crippen MR) is 81.7 cm³/mol. The van der Waals surface area contributed by atoms with Crippen LogP contribution < -0.4 is 4.74 Å².